The molecule has 4 rings (SSSR count). The predicted octanol–water partition coefficient (Wildman–Crippen LogP) is 5.77. The first kappa shape index (κ1) is 19.5. The monoisotopic (exact) mass is 400 g/mol. The Labute approximate surface area is 175 Å². The lowest BCUT2D eigenvalue weighted by atomic mass is 10.2. The molecule has 6 nitrogen and oxygen atoms in total. The van der Waals surface area contributed by atoms with Gasteiger partial charge in [-0.15, -0.1) is 0 Å². The van der Waals surface area contributed by atoms with E-state index in [0.717, 1.165) is 16.8 Å². The number of hydrogen-bond donors (Lipinski definition) is 2. The molecule has 4 aromatic rings. The molecule has 0 fully saturated rings. The van der Waals surface area contributed by atoms with Gasteiger partial charge in [0.05, 0.1) is 11.4 Å². The summed E-state index contributed by atoms with van der Waals surface area (Å²) in [7, 11) is 2.06. The molecular formula is C24H24N4O2. The van der Waals surface area contributed by atoms with Crippen LogP contribution in [0.2, 0.25) is 0 Å². The summed E-state index contributed by atoms with van der Waals surface area (Å²) in [5, 5.41) is 7.29. The molecule has 0 aliphatic rings. The lowest BCUT2D eigenvalue weighted by molar-refractivity contribution is -0.115. The number of para-hydroxylation sites is 2. The number of anilines is 3. The molecule has 2 aromatic carbocycles. The van der Waals surface area contributed by atoms with Crippen molar-refractivity contribution in [2.24, 2.45) is 7.05 Å². The van der Waals surface area contributed by atoms with Crippen molar-refractivity contribution in [3.05, 3.63) is 72.6 Å². The van der Waals surface area contributed by atoms with Crippen molar-refractivity contribution in [2.75, 3.05) is 10.6 Å². The number of aromatic nitrogens is 2. The van der Waals surface area contributed by atoms with Gasteiger partial charge in [0.2, 0.25) is 5.91 Å². The number of hydrogen-bond acceptors (Lipinski definition) is 4. The minimum absolute atomic E-state index is 0.0409. The fourth-order valence-electron chi connectivity index (χ4n) is 3.29. The predicted molar refractivity (Wildman–Crippen MR) is 121 cm³/mol. The molecule has 0 aliphatic carbocycles. The number of fused-ring (bicyclic) bond motifs is 1. The third-order valence-corrected chi connectivity index (χ3v) is 5.01. The van der Waals surface area contributed by atoms with E-state index in [2.05, 4.69) is 46.3 Å². The van der Waals surface area contributed by atoms with Crippen LogP contribution in [0.4, 0.5) is 17.2 Å². The lowest BCUT2D eigenvalue weighted by Gasteiger charge is -2.13. The minimum Gasteiger partial charge on any atom is -0.457 e. The van der Waals surface area contributed by atoms with Gasteiger partial charge in [0, 0.05) is 42.3 Å². The number of carbonyl (C=O) groups excluding carboxylic acids is 1. The molecule has 30 heavy (non-hydrogen) atoms. The summed E-state index contributed by atoms with van der Waals surface area (Å²) in [6, 6.07) is 19.4. The average Bonchev–Trinajstić information content (AvgIpc) is 3.02. The van der Waals surface area contributed by atoms with Crippen LogP contribution in [0, 0.1) is 6.92 Å². The summed E-state index contributed by atoms with van der Waals surface area (Å²) in [4.78, 5) is 16.2. The Morgan fingerprint density at radius 2 is 1.80 bits per heavy atom. The van der Waals surface area contributed by atoms with E-state index in [9.17, 15) is 4.79 Å². The third-order valence-electron chi connectivity index (χ3n) is 5.01. The van der Waals surface area contributed by atoms with Crippen LogP contribution in [0.1, 0.15) is 19.0 Å². The zero-order chi connectivity index (χ0) is 21.1. The zero-order valence-corrected chi connectivity index (χ0v) is 17.3. The lowest BCUT2D eigenvalue weighted by Crippen LogP contribution is -2.11. The first-order chi connectivity index (χ1) is 14.5. The van der Waals surface area contributed by atoms with Crippen LogP contribution in [0.3, 0.4) is 0 Å². The van der Waals surface area contributed by atoms with Crippen molar-refractivity contribution in [3.63, 3.8) is 0 Å². The van der Waals surface area contributed by atoms with Gasteiger partial charge < -0.3 is 19.9 Å². The molecule has 1 amide bonds. The van der Waals surface area contributed by atoms with Crippen LogP contribution < -0.4 is 15.4 Å². The van der Waals surface area contributed by atoms with Crippen LogP contribution in [0.15, 0.2) is 66.9 Å². The van der Waals surface area contributed by atoms with Gasteiger partial charge in [-0.05, 0) is 49.4 Å². The second-order valence-electron chi connectivity index (χ2n) is 7.12. The maximum atomic E-state index is 11.8. The summed E-state index contributed by atoms with van der Waals surface area (Å²) < 4.78 is 8.22. The van der Waals surface area contributed by atoms with E-state index in [-0.39, 0.29) is 5.91 Å². The minimum atomic E-state index is -0.0409. The molecule has 2 N–H and O–H groups in total. The van der Waals surface area contributed by atoms with E-state index < -0.39 is 0 Å². The van der Waals surface area contributed by atoms with Crippen molar-refractivity contribution in [1.29, 1.82) is 0 Å². The van der Waals surface area contributed by atoms with Crippen LogP contribution in [-0.2, 0) is 11.8 Å². The summed E-state index contributed by atoms with van der Waals surface area (Å²) in [6.45, 7) is 3.91. The molecule has 0 radical (unpaired) electrons. The van der Waals surface area contributed by atoms with Crippen molar-refractivity contribution in [3.8, 4) is 11.5 Å². The molecule has 0 atom stereocenters. The average molecular weight is 400 g/mol. The Hall–Kier alpha value is -3.80. The largest absolute Gasteiger partial charge is 0.457 e. The summed E-state index contributed by atoms with van der Waals surface area (Å²) in [6.07, 6.45) is 2.11. The van der Waals surface area contributed by atoms with E-state index in [0.29, 0.717) is 23.7 Å². The highest BCUT2D eigenvalue weighted by molar-refractivity contribution is 5.94. The number of nitrogens with zero attached hydrogens (tertiary/aromatic N) is 2. The first-order valence-corrected chi connectivity index (χ1v) is 9.89. The molecule has 0 spiro atoms. The molecule has 0 bridgehead atoms. The highest BCUT2D eigenvalue weighted by Crippen LogP contribution is 2.30. The van der Waals surface area contributed by atoms with Crippen LogP contribution in [-0.4, -0.2) is 15.5 Å². The molecule has 2 heterocycles. The Morgan fingerprint density at radius 3 is 2.60 bits per heavy atom. The Balaban J connectivity index is 1.54. The SMILES string of the molecule is CCC(=O)Nc1ccccc1Nc1cc(Oc2ccc3c(c2)cc(C)n3C)ccn1. The molecule has 6 heteroatoms. The number of nitrogens with one attached hydrogen (secondary N) is 2. The van der Waals surface area contributed by atoms with Gasteiger partial charge in [-0.3, -0.25) is 4.79 Å². The molecule has 0 saturated carbocycles. The second kappa shape index (κ2) is 8.29. The van der Waals surface area contributed by atoms with Crippen molar-refractivity contribution >= 4 is 34.0 Å². The number of pyridine rings is 1. The highest BCUT2D eigenvalue weighted by atomic mass is 16.5. The molecule has 0 aliphatic heterocycles. The highest BCUT2D eigenvalue weighted by Gasteiger charge is 2.08. The van der Waals surface area contributed by atoms with E-state index in [1.807, 2.05) is 55.5 Å². The van der Waals surface area contributed by atoms with Gasteiger partial charge in [0.1, 0.15) is 17.3 Å². The Kier molecular flexibility index (Phi) is 5.39. The maximum Gasteiger partial charge on any atom is 0.224 e. The van der Waals surface area contributed by atoms with E-state index >= 15 is 0 Å². The number of aryl methyl sites for hydroxylation is 2. The topological polar surface area (TPSA) is 68.2 Å². The van der Waals surface area contributed by atoms with Crippen molar-refractivity contribution in [2.45, 2.75) is 20.3 Å². The molecule has 2 aromatic heterocycles. The molecule has 152 valence electrons. The normalized spacial score (nSPS) is 10.8. The molecular weight excluding hydrogens is 376 g/mol. The van der Waals surface area contributed by atoms with Crippen LogP contribution in [0.5, 0.6) is 11.5 Å². The third kappa shape index (κ3) is 4.12. The fraction of sp³-hybridized carbons (Fsp3) is 0.167. The van der Waals surface area contributed by atoms with Gasteiger partial charge in [-0.25, -0.2) is 4.98 Å². The van der Waals surface area contributed by atoms with Crippen LogP contribution >= 0.6 is 0 Å². The van der Waals surface area contributed by atoms with Gasteiger partial charge in [-0.2, -0.15) is 0 Å². The van der Waals surface area contributed by atoms with Gasteiger partial charge >= 0.3 is 0 Å². The van der Waals surface area contributed by atoms with Crippen molar-refractivity contribution < 1.29 is 9.53 Å². The number of benzene rings is 2. The smallest absolute Gasteiger partial charge is 0.224 e. The van der Waals surface area contributed by atoms with Gasteiger partial charge in [-0.1, -0.05) is 19.1 Å². The number of amides is 1. The first-order valence-electron chi connectivity index (χ1n) is 9.89. The number of ether oxygens (including phenoxy) is 1. The Bertz CT molecular complexity index is 1210. The molecule has 0 unspecified atom stereocenters. The van der Waals surface area contributed by atoms with E-state index in [4.69, 9.17) is 4.74 Å². The van der Waals surface area contributed by atoms with E-state index in [1.165, 1.54) is 11.2 Å². The van der Waals surface area contributed by atoms with Gasteiger partial charge in [0.25, 0.3) is 0 Å². The van der Waals surface area contributed by atoms with E-state index in [1.54, 1.807) is 6.20 Å². The Morgan fingerprint density at radius 1 is 1.03 bits per heavy atom. The summed E-state index contributed by atoms with van der Waals surface area (Å²) >= 11 is 0. The quantitative estimate of drug-likeness (QED) is 0.431. The maximum absolute atomic E-state index is 11.8. The zero-order valence-electron chi connectivity index (χ0n) is 17.3. The standard InChI is InChI=1S/C24H24N4O2/c1-4-24(29)27-21-8-6-5-7-20(21)26-23-15-19(11-12-25-23)30-18-9-10-22-17(14-18)13-16(2)28(22)3/h5-15H,4H2,1-3H3,(H,25,26)(H,27,29). The number of rotatable bonds is 6. The second-order valence-corrected chi connectivity index (χ2v) is 7.12. The van der Waals surface area contributed by atoms with Crippen LogP contribution in [0.25, 0.3) is 10.9 Å². The van der Waals surface area contributed by atoms with Crippen molar-refractivity contribution in [1.82, 2.24) is 9.55 Å². The fourth-order valence-corrected chi connectivity index (χ4v) is 3.29. The summed E-state index contributed by atoms with van der Waals surface area (Å²) in [5.74, 6) is 2.03. The number of carbonyl (C=O) groups is 1. The van der Waals surface area contributed by atoms with Gasteiger partial charge in [0.15, 0.2) is 0 Å². The summed E-state index contributed by atoms with van der Waals surface area (Å²) in [5.41, 5.74) is 3.85. The molecule has 0 saturated heterocycles.